The fourth-order valence-corrected chi connectivity index (χ4v) is 2.01. The van der Waals surface area contributed by atoms with Crippen LogP contribution in [-0.4, -0.2) is 22.9 Å². The highest BCUT2D eigenvalue weighted by molar-refractivity contribution is 5.31. The lowest BCUT2D eigenvalue weighted by Crippen LogP contribution is -2.34. The summed E-state index contributed by atoms with van der Waals surface area (Å²) in [6.07, 6.45) is 0.769. The van der Waals surface area contributed by atoms with Gasteiger partial charge in [-0.2, -0.15) is 0 Å². The number of aromatic hydroxyl groups is 1. The van der Waals surface area contributed by atoms with Crippen LogP contribution in [0.15, 0.2) is 54.6 Å². The zero-order chi connectivity index (χ0) is 13.5. The van der Waals surface area contributed by atoms with Gasteiger partial charge in [-0.1, -0.05) is 48.5 Å². The summed E-state index contributed by atoms with van der Waals surface area (Å²) in [4.78, 5) is 0. The van der Waals surface area contributed by atoms with E-state index in [4.69, 9.17) is 0 Å². The molecule has 0 bridgehead atoms. The van der Waals surface area contributed by atoms with Crippen LogP contribution in [0.1, 0.15) is 11.1 Å². The van der Waals surface area contributed by atoms with Gasteiger partial charge in [-0.05, 0) is 18.1 Å². The fraction of sp³-hybridized carbons (Fsp3) is 0.250. The Morgan fingerprint density at radius 2 is 1.63 bits per heavy atom. The number of para-hydroxylation sites is 1. The molecule has 2 aromatic rings. The predicted molar refractivity (Wildman–Crippen MR) is 76.0 cm³/mol. The minimum absolute atomic E-state index is 0.0120. The van der Waals surface area contributed by atoms with E-state index >= 15 is 0 Å². The van der Waals surface area contributed by atoms with Crippen molar-refractivity contribution in [1.29, 1.82) is 0 Å². The number of benzene rings is 2. The van der Waals surface area contributed by atoms with Gasteiger partial charge in [0.25, 0.3) is 0 Å². The summed E-state index contributed by atoms with van der Waals surface area (Å²) < 4.78 is 0. The van der Waals surface area contributed by atoms with Gasteiger partial charge >= 0.3 is 0 Å². The number of nitrogens with one attached hydrogen (secondary N) is 1. The second-order valence-electron chi connectivity index (χ2n) is 4.58. The molecule has 0 aromatic heterocycles. The van der Waals surface area contributed by atoms with Crippen molar-refractivity contribution in [2.75, 3.05) is 6.61 Å². The first-order chi connectivity index (χ1) is 9.29. The van der Waals surface area contributed by atoms with Crippen LogP contribution in [0.4, 0.5) is 0 Å². The van der Waals surface area contributed by atoms with Crippen molar-refractivity contribution >= 4 is 0 Å². The molecule has 0 heterocycles. The first kappa shape index (κ1) is 13.6. The molecule has 3 heteroatoms. The second-order valence-corrected chi connectivity index (χ2v) is 4.58. The highest BCUT2D eigenvalue weighted by Gasteiger charge is 2.08. The van der Waals surface area contributed by atoms with Crippen molar-refractivity contribution in [3.63, 3.8) is 0 Å². The van der Waals surface area contributed by atoms with E-state index in [0.717, 1.165) is 12.0 Å². The number of phenols is 1. The second kappa shape index (κ2) is 6.92. The van der Waals surface area contributed by atoms with Crippen LogP contribution in [0.25, 0.3) is 0 Å². The average molecular weight is 257 g/mol. The van der Waals surface area contributed by atoms with E-state index in [1.165, 1.54) is 5.56 Å². The number of aliphatic hydroxyl groups excluding tert-OH is 1. The van der Waals surface area contributed by atoms with Gasteiger partial charge < -0.3 is 15.5 Å². The maximum atomic E-state index is 9.68. The third-order valence-electron chi connectivity index (χ3n) is 3.12. The van der Waals surface area contributed by atoms with E-state index in [1.54, 1.807) is 12.1 Å². The summed E-state index contributed by atoms with van der Waals surface area (Å²) in [5.41, 5.74) is 2.03. The van der Waals surface area contributed by atoms with E-state index in [2.05, 4.69) is 5.32 Å². The number of hydrogen-bond acceptors (Lipinski definition) is 3. The molecule has 0 fully saturated rings. The van der Waals surface area contributed by atoms with Crippen molar-refractivity contribution in [1.82, 2.24) is 5.32 Å². The molecule has 0 amide bonds. The monoisotopic (exact) mass is 257 g/mol. The maximum absolute atomic E-state index is 9.68. The Balaban J connectivity index is 1.91. The van der Waals surface area contributed by atoms with Crippen LogP contribution in [0.2, 0.25) is 0 Å². The lowest BCUT2D eigenvalue weighted by molar-refractivity contribution is 0.240. The molecule has 100 valence electrons. The van der Waals surface area contributed by atoms with Gasteiger partial charge in [0.1, 0.15) is 5.75 Å². The summed E-state index contributed by atoms with van der Waals surface area (Å²) in [6.45, 7) is 0.618. The number of rotatable bonds is 6. The SMILES string of the molecule is OC[C@H](Cc1ccccc1)NCc1ccccc1O. The van der Waals surface area contributed by atoms with Gasteiger partial charge in [-0.25, -0.2) is 0 Å². The highest BCUT2D eigenvalue weighted by atomic mass is 16.3. The fourth-order valence-electron chi connectivity index (χ4n) is 2.01. The lowest BCUT2D eigenvalue weighted by Gasteiger charge is -2.16. The topological polar surface area (TPSA) is 52.5 Å². The molecule has 2 aromatic carbocycles. The Morgan fingerprint density at radius 3 is 2.32 bits per heavy atom. The zero-order valence-electron chi connectivity index (χ0n) is 10.8. The number of hydrogen-bond donors (Lipinski definition) is 3. The summed E-state index contributed by atoms with van der Waals surface area (Å²) in [5, 5.41) is 22.4. The average Bonchev–Trinajstić information content (AvgIpc) is 2.46. The van der Waals surface area contributed by atoms with Gasteiger partial charge in [-0.15, -0.1) is 0 Å². The highest BCUT2D eigenvalue weighted by Crippen LogP contribution is 2.15. The van der Waals surface area contributed by atoms with E-state index in [0.29, 0.717) is 6.54 Å². The van der Waals surface area contributed by atoms with Crippen molar-refractivity contribution < 1.29 is 10.2 Å². The largest absolute Gasteiger partial charge is 0.508 e. The Kier molecular flexibility index (Phi) is 4.95. The normalized spacial score (nSPS) is 12.3. The molecular weight excluding hydrogens is 238 g/mol. The van der Waals surface area contributed by atoms with Crippen LogP contribution in [0, 0.1) is 0 Å². The van der Waals surface area contributed by atoms with E-state index < -0.39 is 0 Å². The molecule has 2 rings (SSSR count). The molecule has 0 saturated carbocycles. The molecule has 0 unspecified atom stereocenters. The third kappa shape index (κ3) is 4.09. The minimum atomic E-state index is -0.0120. The van der Waals surface area contributed by atoms with Crippen LogP contribution in [0.3, 0.4) is 0 Å². The predicted octanol–water partition coefficient (Wildman–Crippen LogP) is 2.09. The molecule has 3 N–H and O–H groups in total. The molecule has 0 radical (unpaired) electrons. The molecule has 0 aliphatic heterocycles. The van der Waals surface area contributed by atoms with Crippen LogP contribution >= 0.6 is 0 Å². The van der Waals surface area contributed by atoms with Crippen molar-refractivity contribution in [2.45, 2.75) is 19.0 Å². The van der Waals surface area contributed by atoms with Gasteiger partial charge in [0.2, 0.25) is 0 Å². The Hall–Kier alpha value is -1.84. The molecule has 0 aliphatic carbocycles. The van der Waals surface area contributed by atoms with Gasteiger partial charge in [-0.3, -0.25) is 0 Å². The van der Waals surface area contributed by atoms with E-state index in [-0.39, 0.29) is 18.4 Å². The molecule has 0 aliphatic rings. The summed E-state index contributed by atoms with van der Waals surface area (Å²) in [5.74, 6) is 0.284. The third-order valence-corrected chi connectivity index (χ3v) is 3.12. The molecule has 19 heavy (non-hydrogen) atoms. The zero-order valence-corrected chi connectivity index (χ0v) is 10.8. The lowest BCUT2D eigenvalue weighted by atomic mass is 10.1. The molecule has 0 spiro atoms. The first-order valence-electron chi connectivity index (χ1n) is 6.44. The number of phenolic OH excluding ortho intramolecular Hbond substituents is 1. The molecule has 1 atom stereocenters. The van der Waals surface area contributed by atoms with E-state index in [1.807, 2.05) is 42.5 Å². The Bertz CT molecular complexity index is 499. The quantitative estimate of drug-likeness (QED) is 0.742. The van der Waals surface area contributed by atoms with Crippen molar-refractivity contribution in [3.8, 4) is 5.75 Å². The van der Waals surface area contributed by atoms with Crippen LogP contribution < -0.4 is 5.32 Å². The van der Waals surface area contributed by atoms with Crippen LogP contribution in [-0.2, 0) is 13.0 Å². The molecular formula is C16H19NO2. The number of aliphatic hydroxyl groups is 1. The maximum Gasteiger partial charge on any atom is 0.120 e. The van der Waals surface area contributed by atoms with Crippen molar-refractivity contribution in [3.05, 3.63) is 65.7 Å². The molecule has 0 saturated heterocycles. The standard InChI is InChI=1S/C16H19NO2/c18-12-15(10-13-6-2-1-3-7-13)17-11-14-8-4-5-9-16(14)19/h1-9,15,17-19H,10-12H2/t15-/m0/s1. The van der Waals surface area contributed by atoms with Crippen molar-refractivity contribution in [2.24, 2.45) is 0 Å². The van der Waals surface area contributed by atoms with Gasteiger partial charge in [0.15, 0.2) is 0 Å². The summed E-state index contributed by atoms with van der Waals surface area (Å²) in [7, 11) is 0. The summed E-state index contributed by atoms with van der Waals surface area (Å²) >= 11 is 0. The minimum Gasteiger partial charge on any atom is -0.508 e. The van der Waals surface area contributed by atoms with Crippen LogP contribution in [0.5, 0.6) is 5.75 Å². The Morgan fingerprint density at radius 1 is 0.947 bits per heavy atom. The Labute approximate surface area is 113 Å². The van der Waals surface area contributed by atoms with E-state index in [9.17, 15) is 10.2 Å². The smallest absolute Gasteiger partial charge is 0.120 e. The summed E-state index contributed by atoms with van der Waals surface area (Å²) in [6, 6.07) is 17.3. The van der Waals surface area contributed by atoms with Gasteiger partial charge in [0.05, 0.1) is 6.61 Å². The first-order valence-corrected chi connectivity index (χ1v) is 6.44. The van der Waals surface area contributed by atoms with Gasteiger partial charge in [0, 0.05) is 18.2 Å². The molecule has 3 nitrogen and oxygen atoms in total.